The van der Waals surface area contributed by atoms with Crippen LogP contribution in [0.4, 0.5) is 0 Å². The Morgan fingerprint density at radius 3 is 2.33 bits per heavy atom. The van der Waals surface area contributed by atoms with Gasteiger partial charge in [-0.25, -0.2) is 0 Å². The second-order valence-electron chi connectivity index (χ2n) is 9.78. The van der Waals surface area contributed by atoms with Gasteiger partial charge < -0.3 is 15.5 Å². The molecule has 2 unspecified atom stereocenters. The molecular weight excluding hydrogens is 340 g/mol. The Morgan fingerprint density at radius 1 is 1.00 bits per heavy atom. The van der Waals surface area contributed by atoms with Gasteiger partial charge in [0.25, 0.3) is 0 Å². The molecule has 2 N–H and O–H groups in total. The van der Waals surface area contributed by atoms with E-state index in [-0.39, 0.29) is 23.3 Å². The van der Waals surface area contributed by atoms with Gasteiger partial charge in [0.15, 0.2) is 0 Å². The molecular formula is C21H38N4O2. The van der Waals surface area contributed by atoms with E-state index in [2.05, 4.69) is 30.6 Å². The Kier molecular flexibility index (Phi) is 6.46. The van der Waals surface area contributed by atoms with E-state index in [0.717, 1.165) is 65.0 Å². The summed E-state index contributed by atoms with van der Waals surface area (Å²) in [5.41, 5.74) is 6.26. The molecule has 0 aromatic rings. The molecule has 0 bridgehead atoms. The number of nitrogens with zero attached hydrogens (tertiary/aromatic N) is 3. The van der Waals surface area contributed by atoms with Crippen LogP contribution < -0.4 is 5.73 Å². The molecule has 0 aliphatic carbocycles. The molecule has 2 amide bonds. The van der Waals surface area contributed by atoms with Crippen molar-refractivity contribution in [1.82, 2.24) is 14.7 Å². The fourth-order valence-electron chi connectivity index (χ4n) is 4.93. The Hall–Kier alpha value is -1.14. The van der Waals surface area contributed by atoms with Crippen LogP contribution in [0.25, 0.3) is 0 Å². The van der Waals surface area contributed by atoms with Gasteiger partial charge in [0.2, 0.25) is 11.8 Å². The number of hydrogen-bond donors (Lipinski definition) is 1. The SMILES string of the molecule is CC1CCCN(C(=O)C2CCN(C(=O)CN3CCC(N)C(C)(C)C3)CC2)C1. The van der Waals surface area contributed by atoms with Gasteiger partial charge in [-0.15, -0.1) is 0 Å². The summed E-state index contributed by atoms with van der Waals surface area (Å²) >= 11 is 0. The maximum Gasteiger partial charge on any atom is 0.236 e. The van der Waals surface area contributed by atoms with E-state index in [9.17, 15) is 9.59 Å². The van der Waals surface area contributed by atoms with Crippen molar-refractivity contribution >= 4 is 11.8 Å². The number of nitrogens with two attached hydrogens (primary N) is 1. The third-order valence-electron chi connectivity index (χ3n) is 6.92. The quantitative estimate of drug-likeness (QED) is 0.809. The lowest BCUT2D eigenvalue weighted by atomic mass is 9.80. The van der Waals surface area contributed by atoms with Crippen molar-refractivity contribution in [2.45, 2.75) is 58.9 Å². The van der Waals surface area contributed by atoms with Crippen molar-refractivity contribution in [2.75, 3.05) is 45.8 Å². The number of piperidine rings is 3. The van der Waals surface area contributed by atoms with Gasteiger partial charge in [-0.2, -0.15) is 0 Å². The van der Waals surface area contributed by atoms with Crippen molar-refractivity contribution in [3.05, 3.63) is 0 Å². The molecule has 3 heterocycles. The molecule has 6 nitrogen and oxygen atoms in total. The summed E-state index contributed by atoms with van der Waals surface area (Å²) in [5.74, 6) is 1.25. The largest absolute Gasteiger partial charge is 0.342 e. The molecule has 154 valence electrons. The zero-order chi connectivity index (χ0) is 19.6. The van der Waals surface area contributed by atoms with Crippen LogP contribution in [0.3, 0.4) is 0 Å². The van der Waals surface area contributed by atoms with Crippen molar-refractivity contribution in [3.63, 3.8) is 0 Å². The van der Waals surface area contributed by atoms with Crippen molar-refractivity contribution < 1.29 is 9.59 Å². The Morgan fingerprint density at radius 2 is 1.70 bits per heavy atom. The summed E-state index contributed by atoms with van der Waals surface area (Å²) in [6.45, 7) is 12.1. The molecule has 2 atom stereocenters. The summed E-state index contributed by atoms with van der Waals surface area (Å²) in [6, 6.07) is 0.211. The van der Waals surface area contributed by atoms with Crippen LogP contribution >= 0.6 is 0 Å². The summed E-state index contributed by atoms with van der Waals surface area (Å²) in [7, 11) is 0. The Labute approximate surface area is 164 Å². The van der Waals surface area contributed by atoms with Crippen LogP contribution in [0.1, 0.15) is 52.9 Å². The van der Waals surface area contributed by atoms with Crippen LogP contribution in [0.15, 0.2) is 0 Å². The number of rotatable bonds is 3. The molecule has 0 aromatic carbocycles. The van der Waals surface area contributed by atoms with E-state index in [0.29, 0.717) is 18.4 Å². The third-order valence-corrected chi connectivity index (χ3v) is 6.92. The van der Waals surface area contributed by atoms with Gasteiger partial charge in [-0.05, 0) is 43.4 Å². The molecule has 3 rings (SSSR count). The number of carbonyl (C=O) groups excluding carboxylic acids is 2. The lowest BCUT2D eigenvalue weighted by molar-refractivity contribution is -0.142. The number of amides is 2. The van der Waals surface area contributed by atoms with Crippen LogP contribution in [0.2, 0.25) is 0 Å². The average molecular weight is 379 g/mol. The first kappa shape index (κ1) is 20.6. The van der Waals surface area contributed by atoms with Crippen LogP contribution in [0.5, 0.6) is 0 Å². The molecule has 3 aliphatic heterocycles. The number of hydrogen-bond acceptors (Lipinski definition) is 4. The first-order valence-electron chi connectivity index (χ1n) is 10.8. The normalized spacial score (nSPS) is 30.4. The fourth-order valence-corrected chi connectivity index (χ4v) is 4.93. The zero-order valence-corrected chi connectivity index (χ0v) is 17.5. The van der Waals surface area contributed by atoms with Crippen molar-refractivity contribution in [1.29, 1.82) is 0 Å². The number of likely N-dealkylation sites (tertiary alicyclic amines) is 3. The van der Waals surface area contributed by atoms with E-state index in [1.807, 2.05) is 4.90 Å². The number of carbonyl (C=O) groups is 2. The fraction of sp³-hybridized carbons (Fsp3) is 0.905. The molecule has 0 saturated carbocycles. The minimum absolute atomic E-state index is 0.0591. The first-order chi connectivity index (χ1) is 12.8. The van der Waals surface area contributed by atoms with E-state index < -0.39 is 0 Å². The second-order valence-corrected chi connectivity index (χ2v) is 9.78. The molecule has 0 aromatic heterocycles. The summed E-state index contributed by atoms with van der Waals surface area (Å²) in [6.07, 6.45) is 4.93. The van der Waals surface area contributed by atoms with Gasteiger partial charge in [-0.3, -0.25) is 14.5 Å². The molecule has 3 aliphatic rings. The highest BCUT2D eigenvalue weighted by atomic mass is 16.2. The van der Waals surface area contributed by atoms with E-state index in [4.69, 9.17) is 5.73 Å². The Bertz CT molecular complexity index is 542. The molecule has 0 radical (unpaired) electrons. The van der Waals surface area contributed by atoms with Crippen LogP contribution in [-0.4, -0.2) is 78.4 Å². The highest BCUT2D eigenvalue weighted by Crippen LogP contribution is 2.28. The van der Waals surface area contributed by atoms with Crippen LogP contribution in [-0.2, 0) is 9.59 Å². The topological polar surface area (TPSA) is 69.9 Å². The first-order valence-corrected chi connectivity index (χ1v) is 10.8. The second kappa shape index (κ2) is 8.48. The minimum Gasteiger partial charge on any atom is -0.342 e. The third kappa shape index (κ3) is 5.02. The predicted molar refractivity (Wildman–Crippen MR) is 107 cm³/mol. The van der Waals surface area contributed by atoms with E-state index in [1.54, 1.807) is 0 Å². The molecule has 6 heteroatoms. The van der Waals surface area contributed by atoms with Gasteiger partial charge in [-0.1, -0.05) is 20.8 Å². The average Bonchev–Trinajstić information content (AvgIpc) is 2.64. The van der Waals surface area contributed by atoms with Gasteiger partial charge in [0, 0.05) is 51.2 Å². The van der Waals surface area contributed by atoms with Crippen molar-refractivity contribution in [3.8, 4) is 0 Å². The van der Waals surface area contributed by atoms with Gasteiger partial charge in [0.1, 0.15) is 0 Å². The summed E-state index contributed by atoms with van der Waals surface area (Å²) in [5, 5.41) is 0. The lowest BCUT2D eigenvalue weighted by Gasteiger charge is -2.43. The standard InChI is InChI=1S/C21H38N4O2/c1-16-5-4-9-25(13-16)20(27)17-6-11-24(12-7-17)19(26)14-23-10-8-18(22)21(2,3)15-23/h16-18H,4-15,22H2,1-3H3. The summed E-state index contributed by atoms with van der Waals surface area (Å²) in [4.78, 5) is 31.8. The van der Waals surface area contributed by atoms with Crippen LogP contribution in [0, 0.1) is 17.3 Å². The molecule has 3 saturated heterocycles. The molecule has 27 heavy (non-hydrogen) atoms. The smallest absolute Gasteiger partial charge is 0.236 e. The molecule has 0 spiro atoms. The lowest BCUT2D eigenvalue weighted by Crippen LogP contribution is -2.55. The van der Waals surface area contributed by atoms with E-state index in [1.165, 1.54) is 6.42 Å². The van der Waals surface area contributed by atoms with E-state index >= 15 is 0 Å². The predicted octanol–water partition coefficient (Wildman–Crippen LogP) is 1.54. The zero-order valence-electron chi connectivity index (χ0n) is 17.5. The summed E-state index contributed by atoms with van der Waals surface area (Å²) < 4.78 is 0. The maximum atomic E-state index is 12.8. The molecule has 3 fully saturated rings. The minimum atomic E-state index is 0.0591. The van der Waals surface area contributed by atoms with Gasteiger partial charge in [0.05, 0.1) is 6.54 Å². The Balaban J connectivity index is 1.44. The van der Waals surface area contributed by atoms with Crippen molar-refractivity contribution in [2.24, 2.45) is 23.0 Å². The maximum absolute atomic E-state index is 12.8. The monoisotopic (exact) mass is 378 g/mol. The highest BCUT2D eigenvalue weighted by molar-refractivity contribution is 5.81. The van der Waals surface area contributed by atoms with Gasteiger partial charge >= 0.3 is 0 Å². The highest BCUT2D eigenvalue weighted by Gasteiger charge is 2.36.